The smallest absolute Gasteiger partial charge is 0.136 e. The molecule has 0 saturated heterocycles. The van der Waals surface area contributed by atoms with E-state index in [0.29, 0.717) is 11.6 Å². The molecule has 0 aliphatic heterocycles. The topological polar surface area (TPSA) is 30.0 Å². The van der Waals surface area contributed by atoms with Gasteiger partial charge in [0.2, 0.25) is 0 Å². The third kappa shape index (κ3) is 2.99. The third-order valence-corrected chi connectivity index (χ3v) is 1.85. The highest BCUT2D eigenvalue weighted by Gasteiger charge is 1.96. The number of pyridine rings is 1. The molecule has 0 atom stereocenters. The second kappa shape index (κ2) is 4.77. The Morgan fingerprint density at radius 1 is 1.62 bits per heavy atom. The van der Waals surface area contributed by atoms with Crippen LogP contribution in [-0.4, -0.2) is 11.3 Å². The van der Waals surface area contributed by atoms with Crippen LogP contribution in [0.5, 0.6) is 0 Å². The van der Waals surface area contributed by atoms with E-state index >= 15 is 0 Å². The predicted octanol–water partition coefficient (Wildman–Crippen LogP) is 2.65. The fourth-order valence-electron chi connectivity index (χ4n) is 0.943. The molecule has 0 N–H and O–H groups in total. The molecular weight excluding hydrogens is 186 g/mol. The molecule has 0 fully saturated rings. The summed E-state index contributed by atoms with van der Waals surface area (Å²) in [5.41, 5.74) is 1.90. The highest BCUT2D eigenvalue weighted by molar-refractivity contribution is 6.30. The van der Waals surface area contributed by atoms with Gasteiger partial charge in [0.1, 0.15) is 11.4 Å². The summed E-state index contributed by atoms with van der Waals surface area (Å²) in [6.07, 6.45) is 6.52. The first-order valence-corrected chi connectivity index (χ1v) is 4.34. The second-order valence-corrected chi connectivity index (χ2v) is 3.06. The van der Waals surface area contributed by atoms with Crippen molar-refractivity contribution in [2.24, 2.45) is 0 Å². The first kappa shape index (κ1) is 9.93. The number of rotatable bonds is 3. The normalized spacial score (nSPS) is 10.6. The number of hydrogen-bond acceptors (Lipinski definition) is 2. The zero-order chi connectivity index (χ0) is 9.68. The maximum absolute atomic E-state index is 10.0. The number of aromatic nitrogens is 1. The van der Waals surface area contributed by atoms with Crippen LogP contribution in [0.15, 0.2) is 18.3 Å². The van der Waals surface area contributed by atoms with Gasteiger partial charge in [-0.05, 0) is 18.6 Å². The lowest BCUT2D eigenvalue weighted by molar-refractivity contribution is -0.107. The molecule has 0 amide bonds. The number of carbonyl (C=O) groups is 1. The molecule has 0 aliphatic rings. The van der Waals surface area contributed by atoms with E-state index in [1.165, 1.54) is 0 Å². The molecule has 0 bridgehead atoms. The van der Waals surface area contributed by atoms with E-state index in [9.17, 15) is 4.79 Å². The van der Waals surface area contributed by atoms with Gasteiger partial charge in [-0.15, -0.1) is 0 Å². The van der Waals surface area contributed by atoms with Crippen LogP contribution in [0.25, 0.3) is 6.08 Å². The van der Waals surface area contributed by atoms with Crippen molar-refractivity contribution in [2.75, 3.05) is 0 Å². The number of hydrogen-bond donors (Lipinski definition) is 0. The zero-order valence-corrected chi connectivity index (χ0v) is 8.08. The molecule has 3 heteroatoms. The molecule has 1 rings (SSSR count). The molecule has 0 spiro atoms. The molecule has 0 aromatic carbocycles. The third-order valence-electron chi connectivity index (χ3n) is 1.53. The summed E-state index contributed by atoms with van der Waals surface area (Å²) in [4.78, 5) is 14.0. The van der Waals surface area contributed by atoms with Crippen LogP contribution in [-0.2, 0) is 4.79 Å². The molecule has 68 valence electrons. The number of allylic oxidation sites excluding steroid dienone is 1. The molecule has 0 saturated carbocycles. The Labute approximate surface area is 82.3 Å². The maximum atomic E-state index is 10.0. The maximum Gasteiger partial charge on any atom is 0.136 e. The van der Waals surface area contributed by atoms with E-state index in [1.807, 2.05) is 13.0 Å². The number of aldehydes is 1. The van der Waals surface area contributed by atoms with Crippen molar-refractivity contribution in [2.45, 2.75) is 13.3 Å². The van der Waals surface area contributed by atoms with Gasteiger partial charge < -0.3 is 4.79 Å². The van der Waals surface area contributed by atoms with Crippen LogP contribution in [0.3, 0.4) is 0 Å². The van der Waals surface area contributed by atoms with Gasteiger partial charge >= 0.3 is 0 Å². The van der Waals surface area contributed by atoms with Gasteiger partial charge in [-0.2, -0.15) is 0 Å². The van der Waals surface area contributed by atoms with Gasteiger partial charge in [0.25, 0.3) is 0 Å². The van der Waals surface area contributed by atoms with Gasteiger partial charge in [0.15, 0.2) is 0 Å². The molecule has 13 heavy (non-hydrogen) atoms. The van der Waals surface area contributed by atoms with E-state index in [1.54, 1.807) is 18.3 Å². The van der Waals surface area contributed by atoms with Crippen LogP contribution in [0.2, 0.25) is 5.15 Å². The van der Waals surface area contributed by atoms with E-state index < -0.39 is 0 Å². The Morgan fingerprint density at radius 2 is 2.38 bits per heavy atom. The van der Waals surface area contributed by atoms with Crippen molar-refractivity contribution < 1.29 is 4.79 Å². The number of halogens is 1. The quantitative estimate of drug-likeness (QED) is 0.548. The summed E-state index contributed by atoms with van der Waals surface area (Å²) in [6.45, 7) is 1.94. The summed E-state index contributed by atoms with van der Waals surface area (Å²) >= 11 is 5.82. The first-order chi connectivity index (χ1) is 6.24. The standard InChI is InChI=1S/C10H10ClNO/c1-8-6-9(4-2-3-5-13)10(11)12-7-8/h2,4-7H,3H2,1H3. The average molecular weight is 196 g/mol. The monoisotopic (exact) mass is 195 g/mol. The minimum atomic E-state index is 0.407. The van der Waals surface area contributed by atoms with Crippen molar-refractivity contribution in [1.82, 2.24) is 4.98 Å². The Kier molecular flexibility index (Phi) is 3.65. The lowest BCUT2D eigenvalue weighted by Gasteiger charge is -1.97. The molecule has 0 unspecified atom stereocenters. The first-order valence-electron chi connectivity index (χ1n) is 3.96. The molecule has 0 radical (unpaired) electrons. The number of aryl methyl sites for hydroxylation is 1. The Bertz CT molecular complexity index is 334. The molecule has 0 aliphatic carbocycles. The SMILES string of the molecule is Cc1cnc(Cl)c(C=CCC=O)c1. The summed E-state index contributed by atoms with van der Waals surface area (Å²) in [6, 6.07) is 1.93. The van der Waals surface area contributed by atoms with Crippen LogP contribution in [0.4, 0.5) is 0 Å². The Morgan fingerprint density at radius 3 is 3.08 bits per heavy atom. The van der Waals surface area contributed by atoms with E-state index in [-0.39, 0.29) is 0 Å². The highest BCUT2D eigenvalue weighted by Crippen LogP contribution is 2.15. The summed E-state index contributed by atoms with van der Waals surface area (Å²) in [7, 11) is 0. The second-order valence-electron chi connectivity index (χ2n) is 2.70. The fourth-order valence-corrected chi connectivity index (χ4v) is 1.11. The number of carbonyl (C=O) groups excluding carboxylic acids is 1. The van der Waals surface area contributed by atoms with Crippen molar-refractivity contribution in [3.63, 3.8) is 0 Å². The highest BCUT2D eigenvalue weighted by atomic mass is 35.5. The van der Waals surface area contributed by atoms with Crippen molar-refractivity contribution >= 4 is 24.0 Å². The minimum absolute atomic E-state index is 0.407. The van der Waals surface area contributed by atoms with Crippen LogP contribution >= 0.6 is 11.6 Å². The van der Waals surface area contributed by atoms with E-state index in [4.69, 9.17) is 11.6 Å². The van der Waals surface area contributed by atoms with Crippen LogP contribution < -0.4 is 0 Å². The molecule has 1 aromatic rings. The number of nitrogens with zero attached hydrogens (tertiary/aromatic N) is 1. The van der Waals surface area contributed by atoms with E-state index in [0.717, 1.165) is 17.4 Å². The Hall–Kier alpha value is -1.15. The van der Waals surface area contributed by atoms with Gasteiger partial charge in [-0.25, -0.2) is 4.98 Å². The molecule has 1 heterocycles. The zero-order valence-electron chi connectivity index (χ0n) is 7.33. The lowest BCUT2D eigenvalue weighted by atomic mass is 10.2. The van der Waals surface area contributed by atoms with Gasteiger partial charge in [-0.3, -0.25) is 0 Å². The molecule has 2 nitrogen and oxygen atoms in total. The average Bonchev–Trinajstić information content (AvgIpc) is 2.11. The van der Waals surface area contributed by atoms with Crippen molar-refractivity contribution in [3.8, 4) is 0 Å². The van der Waals surface area contributed by atoms with Crippen molar-refractivity contribution in [1.29, 1.82) is 0 Å². The summed E-state index contributed by atoms with van der Waals surface area (Å²) in [5.74, 6) is 0. The molecular formula is C10H10ClNO. The summed E-state index contributed by atoms with van der Waals surface area (Å²) in [5, 5.41) is 0.466. The van der Waals surface area contributed by atoms with Gasteiger partial charge in [0, 0.05) is 18.2 Å². The summed E-state index contributed by atoms with van der Waals surface area (Å²) < 4.78 is 0. The van der Waals surface area contributed by atoms with E-state index in [2.05, 4.69) is 4.98 Å². The van der Waals surface area contributed by atoms with Crippen LogP contribution in [0, 0.1) is 6.92 Å². The molecule has 1 aromatic heterocycles. The Balaban J connectivity index is 2.86. The van der Waals surface area contributed by atoms with Gasteiger partial charge in [-0.1, -0.05) is 23.8 Å². The van der Waals surface area contributed by atoms with Crippen molar-refractivity contribution in [3.05, 3.63) is 34.6 Å². The predicted molar refractivity (Wildman–Crippen MR) is 53.7 cm³/mol. The minimum Gasteiger partial charge on any atom is -0.303 e. The fraction of sp³-hybridized carbons (Fsp3) is 0.200. The lowest BCUT2D eigenvalue weighted by Crippen LogP contribution is -1.83. The largest absolute Gasteiger partial charge is 0.303 e. The van der Waals surface area contributed by atoms with Crippen LogP contribution in [0.1, 0.15) is 17.5 Å². The van der Waals surface area contributed by atoms with Gasteiger partial charge in [0.05, 0.1) is 0 Å².